The molecule has 3 aromatic rings. The van der Waals surface area contributed by atoms with Gasteiger partial charge < -0.3 is 14.8 Å². The van der Waals surface area contributed by atoms with Gasteiger partial charge in [0.25, 0.3) is 5.91 Å². The number of rotatable bonds is 4. The first-order chi connectivity index (χ1) is 15.1. The molecule has 1 aliphatic heterocycles. The number of carbonyl (C=O) groups is 1. The standard InChI is InChI=1S/C24H24N2O5S/c1-14-6-9-20-19(10-14)25-24(27)18-12-23(32(28,29)26(4)5)22(13-21(18)31-20)30-17-8-7-15(2)16(3)11-17/h6-13H,1-5H3,(H,25,27). The van der Waals surface area contributed by atoms with Crippen LogP contribution >= 0.6 is 0 Å². The van der Waals surface area contributed by atoms with Crippen LogP contribution in [0.15, 0.2) is 53.4 Å². The molecule has 0 aliphatic carbocycles. The molecule has 1 heterocycles. The van der Waals surface area contributed by atoms with Crippen molar-refractivity contribution in [2.75, 3.05) is 19.4 Å². The van der Waals surface area contributed by atoms with Gasteiger partial charge in [0, 0.05) is 20.2 Å². The number of carbonyl (C=O) groups excluding carboxylic acids is 1. The fourth-order valence-corrected chi connectivity index (χ4v) is 4.34. The molecule has 7 nitrogen and oxygen atoms in total. The molecule has 1 amide bonds. The van der Waals surface area contributed by atoms with Crippen molar-refractivity contribution in [1.82, 2.24) is 4.31 Å². The van der Waals surface area contributed by atoms with E-state index in [0.29, 0.717) is 17.2 Å². The van der Waals surface area contributed by atoms with E-state index in [1.165, 1.54) is 26.2 Å². The van der Waals surface area contributed by atoms with Crippen LogP contribution in [0.2, 0.25) is 0 Å². The molecule has 0 aromatic heterocycles. The van der Waals surface area contributed by atoms with Crippen molar-refractivity contribution in [2.24, 2.45) is 0 Å². The first-order valence-electron chi connectivity index (χ1n) is 10.0. The number of ether oxygens (including phenoxy) is 2. The molecule has 1 aliphatic rings. The predicted molar refractivity (Wildman–Crippen MR) is 123 cm³/mol. The van der Waals surface area contributed by atoms with Crippen LogP contribution in [-0.4, -0.2) is 32.7 Å². The van der Waals surface area contributed by atoms with E-state index in [2.05, 4.69) is 5.32 Å². The molecular formula is C24H24N2O5S. The second kappa shape index (κ2) is 7.96. The summed E-state index contributed by atoms with van der Waals surface area (Å²) >= 11 is 0. The highest BCUT2D eigenvalue weighted by Gasteiger charge is 2.30. The van der Waals surface area contributed by atoms with E-state index in [0.717, 1.165) is 21.0 Å². The molecule has 8 heteroatoms. The Labute approximate surface area is 187 Å². The molecule has 32 heavy (non-hydrogen) atoms. The van der Waals surface area contributed by atoms with Crippen LogP contribution < -0.4 is 14.8 Å². The molecule has 166 valence electrons. The fraction of sp³-hybridized carbons (Fsp3) is 0.208. The summed E-state index contributed by atoms with van der Waals surface area (Å²) in [6.45, 7) is 5.83. The summed E-state index contributed by atoms with van der Waals surface area (Å²) in [5, 5.41) is 2.80. The predicted octanol–water partition coefficient (Wildman–Crippen LogP) is 5.01. The van der Waals surface area contributed by atoms with Crippen LogP contribution in [0.3, 0.4) is 0 Å². The van der Waals surface area contributed by atoms with E-state index >= 15 is 0 Å². The van der Waals surface area contributed by atoms with Crippen LogP contribution in [-0.2, 0) is 10.0 Å². The van der Waals surface area contributed by atoms with Gasteiger partial charge in [-0.1, -0.05) is 12.1 Å². The maximum Gasteiger partial charge on any atom is 0.259 e. The zero-order valence-corrected chi connectivity index (χ0v) is 19.3. The van der Waals surface area contributed by atoms with Gasteiger partial charge in [-0.25, -0.2) is 12.7 Å². The van der Waals surface area contributed by atoms with Gasteiger partial charge >= 0.3 is 0 Å². The Bertz CT molecular complexity index is 1350. The van der Waals surface area contributed by atoms with E-state index in [9.17, 15) is 13.2 Å². The molecule has 0 saturated carbocycles. The molecule has 4 rings (SSSR count). The number of fused-ring (bicyclic) bond motifs is 2. The summed E-state index contributed by atoms with van der Waals surface area (Å²) in [6, 6.07) is 13.7. The smallest absolute Gasteiger partial charge is 0.259 e. The van der Waals surface area contributed by atoms with Gasteiger partial charge in [-0.2, -0.15) is 0 Å². The van der Waals surface area contributed by atoms with Crippen molar-refractivity contribution in [3.05, 3.63) is 70.8 Å². The van der Waals surface area contributed by atoms with Gasteiger partial charge in [0.2, 0.25) is 10.0 Å². The molecule has 0 spiro atoms. The molecule has 0 radical (unpaired) electrons. The molecule has 0 unspecified atom stereocenters. The van der Waals surface area contributed by atoms with Gasteiger partial charge in [-0.05, 0) is 67.8 Å². The molecule has 3 aromatic carbocycles. The van der Waals surface area contributed by atoms with E-state index in [4.69, 9.17) is 9.47 Å². The average molecular weight is 453 g/mol. The Morgan fingerprint density at radius 2 is 1.66 bits per heavy atom. The van der Waals surface area contributed by atoms with E-state index in [1.807, 2.05) is 39.0 Å². The van der Waals surface area contributed by atoms with E-state index in [1.54, 1.807) is 18.2 Å². The lowest BCUT2D eigenvalue weighted by Crippen LogP contribution is -2.23. The van der Waals surface area contributed by atoms with Gasteiger partial charge in [0.15, 0.2) is 11.5 Å². The van der Waals surface area contributed by atoms with Crippen LogP contribution in [0.4, 0.5) is 5.69 Å². The minimum absolute atomic E-state index is 0.0732. The summed E-state index contributed by atoms with van der Waals surface area (Å²) in [5.41, 5.74) is 3.67. The number of benzene rings is 3. The van der Waals surface area contributed by atoms with Crippen LogP contribution in [0.1, 0.15) is 27.0 Å². The number of hydrogen-bond donors (Lipinski definition) is 1. The Kier molecular flexibility index (Phi) is 5.44. The lowest BCUT2D eigenvalue weighted by molar-refractivity contribution is 0.102. The third-order valence-corrected chi connectivity index (χ3v) is 7.19. The van der Waals surface area contributed by atoms with Gasteiger partial charge in [-0.3, -0.25) is 4.79 Å². The molecule has 0 saturated heterocycles. The Balaban J connectivity index is 1.89. The van der Waals surface area contributed by atoms with Crippen molar-refractivity contribution < 1.29 is 22.7 Å². The van der Waals surface area contributed by atoms with Gasteiger partial charge in [0.05, 0.1) is 11.3 Å². The van der Waals surface area contributed by atoms with Crippen molar-refractivity contribution in [1.29, 1.82) is 0 Å². The fourth-order valence-electron chi connectivity index (χ4n) is 3.32. The zero-order chi connectivity index (χ0) is 23.2. The summed E-state index contributed by atoms with van der Waals surface area (Å²) in [6.07, 6.45) is 0. The van der Waals surface area contributed by atoms with Crippen molar-refractivity contribution in [3.8, 4) is 23.0 Å². The van der Waals surface area contributed by atoms with Gasteiger partial charge in [-0.15, -0.1) is 0 Å². The summed E-state index contributed by atoms with van der Waals surface area (Å²) in [5.74, 6) is 0.767. The lowest BCUT2D eigenvalue weighted by atomic mass is 10.1. The first-order valence-corrected chi connectivity index (χ1v) is 11.5. The third-order valence-electron chi connectivity index (χ3n) is 5.36. The molecule has 0 fully saturated rings. The Hall–Kier alpha value is -3.36. The van der Waals surface area contributed by atoms with Crippen LogP contribution in [0, 0.1) is 20.8 Å². The minimum atomic E-state index is -3.92. The van der Waals surface area contributed by atoms with Crippen molar-refractivity contribution in [2.45, 2.75) is 25.7 Å². The largest absolute Gasteiger partial charge is 0.456 e. The Morgan fingerprint density at radius 3 is 2.34 bits per heavy atom. The number of aryl methyl sites for hydroxylation is 3. The second-order valence-corrected chi connectivity index (χ2v) is 10.1. The SMILES string of the molecule is Cc1ccc2c(c1)NC(=O)c1cc(S(=O)(=O)N(C)C)c(Oc3ccc(C)c(C)c3)cc1O2. The molecule has 0 bridgehead atoms. The topological polar surface area (TPSA) is 84.9 Å². The zero-order valence-electron chi connectivity index (χ0n) is 18.5. The lowest BCUT2D eigenvalue weighted by Gasteiger charge is -2.18. The van der Waals surface area contributed by atoms with E-state index in [-0.39, 0.29) is 22.0 Å². The van der Waals surface area contributed by atoms with Crippen molar-refractivity contribution in [3.63, 3.8) is 0 Å². The average Bonchev–Trinajstić information content (AvgIpc) is 2.85. The second-order valence-electron chi connectivity index (χ2n) is 7.99. The third kappa shape index (κ3) is 3.94. The summed E-state index contributed by atoms with van der Waals surface area (Å²) in [4.78, 5) is 12.8. The number of hydrogen-bond acceptors (Lipinski definition) is 5. The molecular weight excluding hydrogens is 428 g/mol. The summed E-state index contributed by atoms with van der Waals surface area (Å²) < 4.78 is 39.3. The minimum Gasteiger partial charge on any atom is -0.456 e. The first kappa shape index (κ1) is 21.9. The highest BCUT2D eigenvalue weighted by Crippen LogP contribution is 2.42. The van der Waals surface area contributed by atoms with Crippen LogP contribution in [0.25, 0.3) is 0 Å². The van der Waals surface area contributed by atoms with Crippen molar-refractivity contribution >= 4 is 21.6 Å². The Morgan fingerprint density at radius 1 is 0.906 bits per heavy atom. The normalized spacial score (nSPS) is 13.0. The number of nitrogens with one attached hydrogen (secondary N) is 1. The van der Waals surface area contributed by atoms with Gasteiger partial charge in [0.1, 0.15) is 16.4 Å². The monoisotopic (exact) mass is 452 g/mol. The number of anilines is 1. The molecule has 1 N–H and O–H groups in total. The maximum atomic E-state index is 13.1. The van der Waals surface area contributed by atoms with E-state index < -0.39 is 15.9 Å². The maximum absolute atomic E-state index is 13.1. The summed E-state index contributed by atoms with van der Waals surface area (Å²) in [7, 11) is -1.06. The number of amides is 1. The number of sulfonamides is 1. The highest BCUT2D eigenvalue weighted by atomic mass is 32.2. The highest BCUT2D eigenvalue weighted by molar-refractivity contribution is 7.89. The quantitative estimate of drug-likeness (QED) is 0.601. The molecule has 0 atom stereocenters. The van der Waals surface area contributed by atoms with Crippen LogP contribution in [0.5, 0.6) is 23.0 Å². The number of nitrogens with zero attached hydrogens (tertiary/aromatic N) is 1.